The van der Waals surface area contributed by atoms with E-state index in [1.807, 2.05) is 10.3 Å². The first-order valence-corrected chi connectivity index (χ1v) is 10.2. The van der Waals surface area contributed by atoms with Crippen LogP contribution in [0.4, 0.5) is 0 Å². The fourth-order valence-corrected chi connectivity index (χ4v) is 5.22. The number of amides is 2. The molecule has 1 N–H and O–H groups in total. The van der Waals surface area contributed by atoms with Gasteiger partial charge in [0.05, 0.1) is 10.3 Å². The summed E-state index contributed by atoms with van der Waals surface area (Å²) in [4.78, 5) is 33.9. The summed E-state index contributed by atoms with van der Waals surface area (Å²) < 4.78 is 0.951. The van der Waals surface area contributed by atoms with Gasteiger partial charge in [-0.15, -0.1) is 11.3 Å². The van der Waals surface area contributed by atoms with Gasteiger partial charge < -0.3 is 15.1 Å². The maximum atomic E-state index is 12.7. The number of piperidine rings is 1. The lowest BCUT2D eigenvalue weighted by Gasteiger charge is -2.30. The molecule has 0 spiro atoms. The SMILES string of the molecule is O=C(NC1CC2CCN(C2)C1)c1cc2c(C(=O)N3CCC3)csc2cn1. The van der Waals surface area contributed by atoms with Crippen molar-refractivity contribution in [3.8, 4) is 0 Å². The van der Waals surface area contributed by atoms with E-state index < -0.39 is 0 Å². The molecule has 3 saturated heterocycles. The summed E-state index contributed by atoms with van der Waals surface area (Å²) in [6, 6.07) is 1.98. The van der Waals surface area contributed by atoms with E-state index in [-0.39, 0.29) is 17.9 Å². The molecule has 136 valence electrons. The predicted molar refractivity (Wildman–Crippen MR) is 101 cm³/mol. The number of pyridine rings is 1. The van der Waals surface area contributed by atoms with Crippen molar-refractivity contribution in [2.24, 2.45) is 5.92 Å². The van der Waals surface area contributed by atoms with Crippen molar-refractivity contribution in [2.75, 3.05) is 32.7 Å². The van der Waals surface area contributed by atoms with E-state index in [1.165, 1.54) is 24.3 Å². The average Bonchev–Trinajstić information content (AvgIpc) is 3.15. The van der Waals surface area contributed by atoms with Crippen LogP contribution in [0.15, 0.2) is 17.6 Å². The number of rotatable bonds is 3. The highest BCUT2D eigenvalue weighted by atomic mass is 32.1. The summed E-state index contributed by atoms with van der Waals surface area (Å²) >= 11 is 1.51. The molecule has 3 fully saturated rings. The molecule has 5 heterocycles. The zero-order valence-corrected chi connectivity index (χ0v) is 15.4. The van der Waals surface area contributed by atoms with Crippen molar-refractivity contribution in [1.29, 1.82) is 0 Å². The number of nitrogens with zero attached hydrogens (tertiary/aromatic N) is 3. The zero-order valence-electron chi connectivity index (χ0n) is 14.6. The van der Waals surface area contributed by atoms with Gasteiger partial charge >= 0.3 is 0 Å². The number of fused-ring (bicyclic) bond motifs is 3. The Balaban J connectivity index is 1.36. The second kappa shape index (κ2) is 6.32. The van der Waals surface area contributed by atoms with Crippen LogP contribution in [0, 0.1) is 5.92 Å². The molecule has 0 radical (unpaired) electrons. The van der Waals surface area contributed by atoms with Gasteiger partial charge in [0.2, 0.25) is 0 Å². The van der Waals surface area contributed by atoms with Crippen molar-refractivity contribution in [3.63, 3.8) is 0 Å². The summed E-state index contributed by atoms with van der Waals surface area (Å²) in [5.74, 6) is 0.645. The second-order valence-electron chi connectivity index (χ2n) is 7.68. The summed E-state index contributed by atoms with van der Waals surface area (Å²) in [6.45, 7) is 4.91. The number of carbonyl (C=O) groups excluding carboxylic acids is 2. The highest BCUT2D eigenvalue weighted by Gasteiger charge is 2.33. The van der Waals surface area contributed by atoms with E-state index >= 15 is 0 Å². The lowest BCUT2D eigenvalue weighted by atomic mass is 9.97. The first-order chi connectivity index (χ1) is 12.7. The van der Waals surface area contributed by atoms with Crippen LogP contribution < -0.4 is 5.32 Å². The van der Waals surface area contributed by atoms with E-state index in [0.717, 1.165) is 49.1 Å². The van der Waals surface area contributed by atoms with Crippen molar-refractivity contribution in [3.05, 3.63) is 28.9 Å². The Bertz CT molecular complexity index is 864. The van der Waals surface area contributed by atoms with Crippen molar-refractivity contribution in [2.45, 2.75) is 25.3 Å². The minimum atomic E-state index is -0.132. The fourth-order valence-electron chi connectivity index (χ4n) is 4.34. The summed E-state index contributed by atoms with van der Waals surface area (Å²) in [7, 11) is 0. The molecular weight excluding hydrogens is 348 g/mol. The maximum absolute atomic E-state index is 12.7. The highest BCUT2D eigenvalue weighted by molar-refractivity contribution is 7.17. The summed E-state index contributed by atoms with van der Waals surface area (Å²) in [5.41, 5.74) is 1.10. The standard InChI is InChI=1S/C19H22N4O2S/c24-18(21-13-6-12-2-5-22(9-12)10-13)16-7-14-15(11-26-17(14)8-20-16)19(25)23-3-1-4-23/h7-8,11-13H,1-6,9-10H2,(H,21,24). The molecular formula is C19H22N4O2S. The van der Waals surface area contributed by atoms with Gasteiger partial charge in [0.15, 0.2) is 0 Å². The number of thiophene rings is 1. The Morgan fingerprint density at radius 3 is 2.88 bits per heavy atom. The van der Waals surface area contributed by atoms with Gasteiger partial charge in [-0.2, -0.15) is 0 Å². The Hall–Kier alpha value is -1.99. The predicted octanol–water partition coefficient (Wildman–Crippen LogP) is 1.97. The van der Waals surface area contributed by atoms with Crippen molar-refractivity contribution >= 4 is 33.2 Å². The minimum absolute atomic E-state index is 0.0664. The van der Waals surface area contributed by atoms with Crippen LogP contribution in [-0.4, -0.2) is 65.4 Å². The molecule has 3 aliphatic rings. The minimum Gasteiger partial charge on any atom is -0.347 e. The quantitative estimate of drug-likeness (QED) is 0.897. The van der Waals surface area contributed by atoms with Crippen LogP contribution in [0.1, 0.15) is 40.1 Å². The Kier molecular flexibility index (Phi) is 3.94. The molecule has 0 aliphatic carbocycles. The molecule has 5 rings (SSSR count). The summed E-state index contributed by atoms with van der Waals surface area (Å²) in [6.07, 6.45) is 5.09. The molecule has 2 amide bonds. The molecule has 2 aromatic heterocycles. The number of nitrogens with one attached hydrogen (secondary N) is 1. The third-order valence-corrected chi connectivity index (χ3v) is 6.80. The van der Waals surface area contributed by atoms with E-state index in [9.17, 15) is 9.59 Å². The molecule has 3 aliphatic heterocycles. The highest BCUT2D eigenvalue weighted by Crippen LogP contribution is 2.29. The normalized spacial score (nSPS) is 27.4. The van der Waals surface area contributed by atoms with Crippen LogP contribution in [0.5, 0.6) is 0 Å². The Morgan fingerprint density at radius 1 is 1.23 bits per heavy atom. The third-order valence-electron chi connectivity index (χ3n) is 5.87. The molecule has 0 saturated carbocycles. The molecule has 2 aromatic rings. The van der Waals surface area contributed by atoms with Crippen LogP contribution in [0.2, 0.25) is 0 Å². The third kappa shape index (κ3) is 2.79. The van der Waals surface area contributed by atoms with Crippen molar-refractivity contribution < 1.29 is 9.59 Å². The number of hydrogen-bond donors (Lipinski definition) is 1. The number of aromatic nitrogens is 1. The van der Waals surface area contributed by atoms with E-state index in [2.05, 4.69) is 15.2 Å². The van der Waals surface area contributed by atoms with Gasteiger partial charge in [0, 0.05) is 49.2 Å². The smallest absolute Gasteiger partial charge is 0.270 e. The van der Waals surface area contributed by atoms with E-state index in [4.69, 9.17) is 0 Å². The number of likely N-dealkylation sites (tertiary alicyclic amines) is 1. The molecule has 3 atom stereocenters. The monoisotopic (exact) mass is 370 g/mol. The maximum Gasteiger partial charge on any atom is 0.270 e. The van der Waals surface area contributed by atoms with Crippen molar-refractivity contribution in [1.82, 2.24) is 20.1 Å². The van der Waals surface area contributed by atoms with Gasteiger partial charge in [0.25, 0.3) is 11.8 Å². The van der Waals surface area contributed by atoms with Crippen LogP contribution in [-0.2, 0) is 0 Å². The van der Waals surface area contributed by atoms with E-state index in [0.29, 0.717) is 17.2 Å². The van der Waals surface area contributed by atoms with Gasteiger partial charge in [0.1, 0.15) is 5.69 Å². The lowest BCUT2D eigenvalue weighted by Crippen LogP contribution is -2.47. The van der Waals surface area contributed by atoms with Gasteiger partial charge in [-0.25, -0.2) is 4.98 Å². The van der Waals surface area contributed by atoms with E-state index in [1.54, 1.807) is 12.3 Å². The topological polar surface area (TPSA) is 65.5 Å². The van der Waals surface area contributed by atoms with Gasteiger partial charge in [-0.1, -0.05) is 0 Å². The number of carbonyl (C=O) groups is 2. The molecule has 3 unspecified atom stereocenters. The van der Waals surface area contributed by atoms with Gasteiger partial charge in [-0.05, 0) is 37.8 Å². The molecule has 6 nitrogen and oxygen atoms in total. The van der Waals surface area contributed by atoms with Crippen LogP contribution >= 0.6 is 11.3 Å². The first kappa shape index (κ1) is 16.2. The fraction of sp³-hybridized carbons (Fsp3) is 0.526. The molecule has 0 aromatic carbocycles. The largest absolute Gasteiger partial charge is 0.347 e. The molecule has 7 heteroatoms. The number of hydrogen-bond acceptors (Lipinski definition) is 5. The Labute approximate surface area is 156 Å². The average molecular weight is 370 g/mol. The van der Waals surface area contributed by atoms with Gasteiger partial charge in [-0.3, -0.25) is 9.59 Å². The molecule has 26 heavy (non-hydrogen) atoms. The second-order valence-corrected chi connectivity index (χ2v) is 8.59. The molecule has 2 bridgehead atoms. The lowest BCUT2D eigenvalue weighted by molar-refractivity contribution is 0.0654. The Morgan fingerprint density at radius 2 is 2.12 bits per heavy atom. The van der Waals surface area contributed by atoms with Crippen LogP contribution in [0.25, 0.3) is 10.1 Å². The first-order valence-electron chi connectivity index (χ1n) is 9.37. The zero-order chi connectivity index (χ0) is 17.7. The summed E-state index contributed by atoms with van der Waals surface area (Å²) in [5, 5.41) is 5.89. The van der Waals surface area contributed by atoms with Crippen LogP contribution in [0.3, 0.4) is 0 Å².